The van der Waals surface area contributed by atoms with Gasteiger partial charge < -0.3 is 9.64 Å². The molecule has 0 aliphatic carbocycles. The number of hydrogen-bond acceptors (Lipinski definition) is 4. The lowest BCUT2D eigenvalue weighted by molar-refractivity contribution is 0.0303. The third kappa shape index (κ3) is 3.01. The van der Waals surface area contributed by atoms with E-state index in [0.29, 0.717) is 31.9 Å². The normalized spacial score (nSPS) is 16.6. The summed E-state index contributed by atoms with van der Waals surface area (Å²) in [7, 11) is 1.46. The summed E-state index contributed by atoms with van der Waals surface area (Å²) >= 11 is 0. The summed E-state index contributed by atoms with van der Waals surface area (Å²) in [6.07, 6.45) is 0. The average Bonchev–Trinajstić information content (AvgIpc) is 2.38. The minimum absolute atomic E-state index is 0.0114. The molecule has 1 aromatic carbocycles. The van der Waals surface area contributed by atoms with Crippen molar-refractivity contribution in [1.82, 2.24) is 4.90 Å². The van der Waals surface area contributed by atoms with Gasteiger partial charge in [-0.2, -0.15) is 0 Å². The van der Waals surface area contributed by atoms with E-state index in [2.05, 4.69) is 0 Å². The van der Waals surface area contributed by atoms with E-state index in [4.69, 9.17) is 15.4 Å². The fraction of sp³-hybridized carbons (Fsp3) is 0.364. The predicted molar refractivity (Wildman–Crippen MR) is 66.2 cm³/mol. The smallest absolute Gasteiger partial charge is 0.261 e. The first-order valence-electron chi connectivity index (χ1n) is 5.40. The number of halogens is 1. The molecule has 18 heavy (non-hydrogen) atoms. The Bertz CT molecular complexity index is 535. The summed E-state index contributed by atoms with van der Waals surface area (Å²) in [5.74, 6) is -0.128. The van der Waals surface area contributed by atoms with Gasteiger partial charge in [0.2, 0.25) is 0 Å². The molecule has 98 valence electrons. The molecule has 0 spiro atoms. The number of hydrogen-bond donors (Lipinski definition) is 0. The number of carbonyl (C=O) groups excluding carboxylic acids is 1. The number of morpholine rings is 1. The molecule has 1 aromatic rings. The highest BCUT2D eigenvalue weighted by atomic mass is 35.7. The van der Waals surface area contributed by atoms with Crippen molar-refractivity contribution in [2.75, 3.05) is 26.3 Å². The Morgan fingerprint density at radius 3 is 2.22 bits per heavy atom. The number of amides is 1. The summed E-state index contributed by atoms with van der Waals surface area (Å²) < 4.78 is 27.3. The van der Waals surface area contributed by atoms with Gasteiger partial charge in [-0.25, -0.2) is 8.42 Å². The molecule has 2 rings (SSSR count). The van der Waals surface area contributed by atoms with Crippen LogP contribution in [0.5, 0.6) is 0 Å². The van der Waals surface area contributed by atoms with Crippen LogP contribution in [0.1, 0.15) is 10.4 Å². The molecule has 0 aromatic heterocycles. The minimum Gasteiger partial charge on any atom is -0.378 e. The van der Waals surface area contributed by atoms with Gasteiger partial charge in [0.1, 0.15) is 0 Å². The molecule has 0 N–H and O–H groups in total. The van der Waals surface area contributed by atoms with E-state index in [1.54, 1.807) is 4.90 Å². The van der Waals surface area contributed by atoms with Crippen molar-refractivity contribution in [3.05, 3.63) is 29.8 Å². The van der Waals surface area contributed by atoms with Crippen molar-refractivity contribution in [3.8, 4) is 0 Å². The zero-order valence-electron chi connectivity index (χ0n) is 9.50. The van der Waals surface area contributed by atoms with Gasteiger partial charge in [-0.3, -0.25) is 4.79 Å². The van der Waals surface area contributed by atoms with E-state index in [0.717, 1.165) is 0 Å². The monoisotopic (exact) mass is 289 g/mol. The second-order valence-corrected chi connectivity index (χ2v) is 6.43. The van der Waals surface area contributed by atoms with Crippen LogP contribution in [-0.2, 0) is 13.8 Å². The molecule has 1 aliphatic rings. The molecule has 1 aliphatic heterocycles. The van der Waals surface area contributed by atoms with Crippen LogP contribution in [0.2, 0.25) is 0 Å². The van der Waals surface area contributed by atoms with Gasteiger partial charge in [-0.1, -0.05) is 0 Å². The van der Waals surface area contributed by atoms with Crippen LogP contribution in [0.25, 0.3) is 0 Å². The quantitative estimate of drug-likeness (QED) is 0.765. The van der Waals surface area contributed by atoms with E-state index >= 15 is 0 Å². The third-order valence-corrected chi connectivity index (χ3v) is 4.05. The highest BCUT2D eigenvalue weighted by molar-refractivity contribution is 8.13. The van der Waals surface area contributed by atoms with Crippen molar-refractivity contribution in [2.45, 2.75) is 4.90 Å². The van der Waals surface area contributed by atoms with Gasteiger partial charge in [-0.15, -0.1) is 0 Å². The zero-order valence-corrected chi connectivity index (χ0v) is 11.1. The van der Waals surface area contributed by atoms with Crippen LogP contribution in [0.15, 0.2) is 29.2 Å². The van der Waals surface area contributed by atoms with Crippen LogP contribution in [-0.4, -0.2) is 45.5 Å². The predicted octanol–water partition coefficient (Wildman–Crippen LogP) is 1.09. The fourth-order valence-electron chi connectivity index (χ4n) is 1.71. The highest BCUT2D eigenvalue weighted by Crippen LogP contribution is 2.16. The molecule has 0 bridgehead atoms. The molecular weight excluding hydrogens is 278 g/mol. The molecular formula is C11H12ClNO4S. The maximum atomic E-state index is 12.0. The Balaban J connectivity index is 2.16. The van der Waals surface area contributed by atoms with Gasteiger partial charge in [0, 0.05) is 29.3 Å². The number of rotatable bonds is 2. The molecule has 0 atom stereocenters. The number of ether oxygens (including phenoxy) is 1. The van der Waals surface area contributed by atoms with E-state index in [-0.39, 0.29) is 10.8 Å². The van der Waals surface area contributed by atoms with Crippen molar-refractivity contribution in [3.63, 3.8) is 0 Å². The molecule has 0 radical (unpaired) electrons. The number of benzene rings is 1. The number of carbonyl (C=O) groups is 1. The Kier molecular flexibility index (Phi) is 3.89. The molecule has 0 unspecified atom stereocenters. The van der Waals surface area contributed by atoms with Gasteiger partial charge in [0.25, 0.3) is 15.0 Å². The highest BCUT2D eigenvalue weighted by Gasteiger charge is 2.19. The topological polar surface area (TPSA) is 63.7 Å². The first kappa shape index (κ1) is 13.3. The van der Waals surface area contributed by atoms with Crippen LogP contribution in [0, 0.1) is 0 Å². The summed E-state index contributed by atoms with van der Waals surface area (Å²) in [5, 5.41) is 0. The van der Waals surface area contributed by atoms with Crippen LogP contribution in [0.4, 0.5) is 0 Å². The summed E-state index contributed by atoms with van der Waals surface area (Å²) in [4.78, 5) is 13.7. The molecule has 1 amide bonds. The maximum absolute atomic E-state index is 12.0. The Hall–Kier alpha value is -1.11. The Morgan fingerprint density at radius 2 is 1.72 bits per heavy atom. The van der Waals surface area contributed by atoms with Crippen molar-refractivity contribution in [1.29, 1.82) is 0 Å². The van der Waals surface area contributed by atoms with Crippen molar-refractivity contribution >= 4 is 25.6 Å². The zero-order chi connectivity index (χ0) is 13.2. The van der Waals surface area contributed by atoms with E-state index in [1.165, 1.54) is 24.3 Å². The van der Waals surface area contributed by atoms with E-state index in [9.17, 15) is 13.2 Å². The van der Waals surface area contributed by atoms with E-state index in [1.807, 2.05) is 0 Å². The minimum atomic E-state index is -3.74. The van der Waals surface area contributed by atoms with Gasteiger partial charge in [0.05, 0.1) is 18.1 Å². The van der Waals surface area contributed by atoms with E-state index < -0.39 is 9.05 Å². The summed E-state index contributed by atoms with van der Waals surface area (Å²) in [6.45, 7) is 2.16. The molecule has 1 saturated heterocycles. The van der Waals surface area contributed by atoms with Crippen molar-refractivity contribution in [2.24, 2.45) is 0 Å². The fourth-order valence-corrected chi connectivity index (χ4v) is 2.48. The van der Waals surface area contributed by atoms with Gasteiger partial charge in [0.15, 0.2) is 0 Å². The summed E-state index contributed by atoms with van der Waals surface area (Å²) in [6, 6.07) is 5.59. The number of nitrogens with zero attached hydrogens (tertiary/aromatic N) is 1. The van der Waals surface area contributed by atoms with Crippen LogP contribution >= 0.6 is 10.7 Å². The first-order chi connectivity index (χ1) is 8.48. The Morgan fingerprint density at radius 1 is 1.17 bits per heavy atom. The lowest BCUT2D eigenvalue weighted by Gasteiger charge is -2.26. The maximum Gasteiger partial charge on any atom is 0.261 e. The SMILES string of the molecule is O=C(c1ccc(S(=O)(=O)Cl)cc1)N1CCOCC1. The molecule has 5 nitrogen and oxygen atoms in total. The standard InChI is InChI=1S/C11H12ClNO4S/c12-18(15,16)10-3-1-9(2-4-10)11(14)13-5-7-17-8-6-13/h1-4H,5-8H2. The lowest BCUT2D eigenvalue weighted by atomic mass is 10.2. The third-order valence-electron chi connectivity index (χ3n) is 2.68. The second-order valence-electron chi connectivity index (χ2n) is 3.87. The van der Waals surface area contributed by atoms with Crippen molar-refractivity contribution < 1.29 is 17.9 Å². The molecule has 1 fully saturated rings. The average molecular weight is 290 g/mol. The second kappa shape index (κ2) is 5.26. The largest absolute Gasteiger partial charge is 0.378 e. The van der Waals surface area contributed by atoms with Gasteiger partial charge in [-0.05, 0) is 24.3 Å². The van der Waals surface area contributed by atoms with Gasteiger partial charge >= 0.3 is 0 Å². The lowest BCUT2D eigenvalue weighted by Crippen LogP contribution is -2.40. The van der Waals surface area contributed by atoms with Crippen LogP contribution in [0.3, 0.4) is 0 Å². The van der Waals surface area contributed by atoms with Crippen LogP contribution < -0.4 is 0 Å². The molecule has 0 saturated carbocycles. The summed E-state index contributed by atoms with van der Waals surface area (Å²) in [5.41, 5.74) is 0.445. The molecule has 7 heteroatoms. The Labute approximate surface area is 110 Å². The molecule has 1 heterocycles. The first-order valence-corrected chi connectivity index (χ1v) is 7.71.